The van der Waals surface area contributed by atoms with Crippen LogP contribution >= 0.6 is 0 Å². The maximum Gasteiger partial charge on any atom is 0.319 e. The Balaban J connectivity index is 4.20. The number of hydrogen-bond donors (Lipinski definition) is 2. The molecule has 0 fully saturated rings. The van der Waals surface area contributed by atoms with E-state index in [2.05, 4.69) is 0 Å². The second-order valence-corrected chi connectivity index (χ2v) is 5.01. The van der Waals surface area contributed by atoms with E-state index in [1.165, 1.54) is 0 Å². The highest BCUT2D eigenvalue weighted by Gasteiger charge is 2.23. The van der Waals surface area contributed by atoms with Crippen LogP contribution in [0.15, 0.2) is 0 Å². The SMILES string of the molecule is CC(C)CS(=O)C(CCN)C(=O)O. The Morgan fingerprint density at radius 2 is 2.08 bits per heavy atom. The van der Waals surface area contributed by atoms with Crippen LogP contribution in [0.2, 0.25) is 0 Å². The molecule has 2 unspecified atom stereocenters. The summed E-state index contributed by atoms with van der Waals surface area (Å²) in [7, 11) is -1.30. The summed E-state index contributed by atoms with van der Waals surface area (Å²) in [4.78, 5) is 10.7. The van der Waals surface area contributed by atoms with Gasteiger partial charge in [0.1, 0.15) is 5.25 Å². The predicted molar refractivity (Wildman–Crippen MR) is 52.9 cm³/mol. The van der Waals surface area contributed by atoms with Crippen molar-refractivity contribution in [1.29, 1.82) is 0 Å². The van der Waals surface area contributed by atoms with Gasteiger partial charge in [-0.15, -0.1) is 0 Å². The van der Waals surface area contributed by atoms with Crippen LogP contribution in [-0.2, 0) is 15.6 Å². The molecule has 0 saturated heterocycles. The van der Waals surface area contributed by atoms with Crippen LogP contribution in [0.3, 0.4) is 0 Å². The van der Waals surface area contributed by atoms with Crippen molar-refractivity contribution in [2.24, 2.45) is 11.7 Å². The highest BCUT2D eigenvalue weighted by Crippen LogP contribution is 2.06. The summed E-state index contributed by atoms with van der Waals surface area (Å²) in [5, 5.41) is 7.94. The molecule has 0 aliphatic carbocycles. The standard InChI is InChI=1S/C8H17NO3S/c1-6(2)5-13(12)7(3-4-9)8(10)11/h6-7H,3-5,9H2,1-2H3,(H,10,11). The molecule has 0 saturated carbocycles. The molecular formula is C8H17NO3S. The van der Waals surface area contributed by atoms with Gasteiger partial charge >= 0.3 is 5.97 Å². The number of rotatable bonds is 6. The molecule has 2 atom stereocenters. The molecule has 4 nitrogen and oxygen atoms in total. The smallest absolute Gasteiger partial charge is 0.319 e. The van der Waals surface area contributed by atoms with Gasteiger partial charge in [0.15, 0.2) is 0 Å². The second kappa shape index (κ2) is 6.10. The summed E-state index contributed by atoms with van der Waals surface area (Å²) in [6.07, 6.45) is 0.286. The van der Waals surface area contributed by atoms with Crippen LogP contribution in [0.25, 0.3) is 0 Å². The molecule has 0 heterocycles. The number of carbonyl (C=O) groups is 1. The van der Waals surface area contributed by atoms with E-state index < -0.39 is 22.0 Å². The van der Waals surface area contributed by atoms with E-state index in [0.717, 1.165) is 0 Å². The lowest BCUT2D eigenvalue weighted by atomic mass is 10.3. The molecule has 0 spiro atoms. The molecule has 0 bridgehead atoms. The predicted octanol–water partition coefficient (Wildman–Crippen LogP) is 0.193. The van der Waals surface area contributed by atoms with Gasteiger partial charge in [0.25, 0.3) is 0 Å². The first-order valence-electron chi connectivity index (χ1n) is 4.29. The third kappa shape index (κ3) is 5.00. The van der Waals surface area contributed by atoms with E-state index in [4.69, 9.17) is 10.8 Å². The molecule has 0 amide bonds. The van der Waals surface area contributed by atoms with Gasteiger partial charge in [-0.3, -0.25) is 9.00 Å². The van der Waals surface area contributed by atoms with Crippen LogP contribution in [-0.4, -0.2) is 32.8 Å². The Morgan fingerprint density at radius 1 is 1.54 bits per heavy atom. The third-order valence-corrected chi connectivity index (χ3v) is 3.59. The monoisotopic (exact) mass is 207 g/mol. The summed E-state index contributed by atoms with van der Waals surface area (Å²) in [6.45, 7) is 4.10. The van der Waals surface area contributed by atoms with E-state index in [0.29, 0.717) is 5.75 Å². The molecule has 0 aliphatic heterocycles. The lowest BCUT2D eigenvalue weighted by Crippen LogP contribution is -2.30. The van der Waals surface area contributed by atoms with Gasteiger partial charge in [-0.1, -0.05) is 13.8 Å². The average molecular weight is 207 g/mol. The topological polar surface area (TPSA) is 80.4 Å². The zero-order valence-electron chi connectivity index (χ0n) is 8.03. The number of carboxylic acid groups (broad SMARTS) is 1. The Hall–Kier alpha value is -0.420. The molecule has 0 aromatic rings. The minimum absolute atomic E-state index is 0.250. The lowest BCUT2D eigenvalue weighted by Gasteiger charge is -2.12. The Bertz CT molecular complexity index is 194. The van der Waals surface area contributed by atoms with E-state index in [-0.39, 0.29) is 18.9 Å². The van der Waals surface area contributed by atoms with Crippen molar-refractivity contribution in [3.63, 3.8) is 0 Å². The summed E-state index contributed by atoms with van der Waals surface area (Å²) in [5.41, 5.74) is 5.24. The van der Waals surface area contributed by atoms with Gasteiger partial charge in [0, 0.05) is 16.6 Å². The van der Waals surface area contributed by atoms with Crippen molar-refractivity contribution < 1.29 is 14.1 Å². The molecule has 0 rings (SSSR count). The average Bonchev–Trinajstić information content (AvgIpc) is 1.97. The van der Waals surface area contributed by atoms with E-state index in [1.807, 2.05) is 13.8 Å². The fourth-order valence-electron chi connectivity index (χ4n) is 0.963. The van der Waals surface area contributed by atoms with Gasteiger partial charge in [0.05, 0.1) is 0 Å². The maximum absolute atomic E-state index is 11.5. The number of nitrogens with two attached hydrogens (primary N) is 1. The highest BCUT2D eigenvalue weighted by atomic mass is 32.2. The molecule has 3 N–H and O–H groups in total. The molecular weight excluding hydrogens is 190 g/mol. The first-order chi connectivity index (χ1) is 5.99. The summed E-state index contributed by atoms with van der Waals surface area (Å²) in [6, 6.07) is 0. The molecule has 78 valence electrons. The van der Waals surface area contributed by atoms with Crippen molar-refractivity contribution in [3.8, 4) is 0 Å². The molecule has 0 aromatic heterocycles. The van der Waals surface area contributed by atoms with Crippen molar-refractivity contribution in [2.75, 3.05) is 12.3 Å². The minimum Gasteiger partial charge on any atom is -0.480 e. The maximum atomic E-state index is 11.5. The quantitative estimate of drug-likeness (QED) is 0.651. The Morgan fingerprint density at radius 3 is 2.38 bits per heavy atom. The zero-order chi connectivity index (χ0) is 10.4. The number of carboxylic acids is 1. The normalized spacial score (nSPS) is 15.7. The number of aliphatic carboxylic acids is 1. The lowest BCUT2D eigenvalue weighted by molar-refractivity contribution is -0.136. The van der Waals surface area contributed by atoms with Gasteiger partial charge in [-0.05, 0) is 18.9 Å². The molecule has 0 radical (unpaired) electrons. The second-order valence-electron chi connectivity index (χ2n) is 3.35. The molecule has 5 heteroatoms. The number of hydrogen-bond acceptors (Lipinski definition) is 3. The summed E-state index contributed by atoms with van der Waals surface area (Å²) >= 11 is 0. The van der Waals surface area contributed by atoms with Gasteiger partial charge in [-0.25, -0.2) is 0 Å². The largest absolute Gasteiger partial charge is 0.480 e. The van der Waals surface area contributed by atoms with Crippen LogP contribution < -0.4 is 5.73 Å². The molecule has 0 aromatic carbocycles. The Labute approximate surface area is 81.0 Å². The molecule has 13 heavy (non-hydrogen) atoms. The van der Waals surface area contributed by atoms with Gasteiger partial charge < -0.3 is 10.8 Å². The van der Waals surface area contributed by atoms with Gasteiger partial charge in [0.2, 0.25) is 0 Å². The van der Waals surface area contributed by atoms with Crippen molar-refractivity contribution in [3.05, 3.63) is 0 Å². The first kappa shape index (κ1) is 12.6. The first-order valence-corrected chi connectivity index (χ1v) is 5.67. The van der Waals surface area contributed by atoms with Crippen LogP contribution in [0.5, 0.6) is 0 Å². The Kier molecular flexibility index (Phi) is 5.90. The summed E-state index contributed by atoms with van der Waals surface area (Å²) < 4.78 is 11.5. The fourth-order valence-corrected chi connectivity index (χ4v) is 2.48. The highest BCUT2D eigenvalue weighted by molar-refractivity contribution is 7.86. The van der Waals surface area contributed by atoms with Crippen molar-refractivity contribution in [1.82, 2.24) is 0 Å². The van der Waals surface area contributed by atoms with Crippen molar-refractivity contribution >= 4 is 16.8 Å². The van der Waals surface area contributed by atoms with E-state index >= 15 is 0 Å². The fraction of sp³-hybridized carbons (Fsp3) is 0.875. The summed E-state index contributed by atoms with van der Waals surface area (Å²) in [5.74, 6) is -0.332. The van der Waals surface area contributed by atoms with Crippen LogP contribution in [0.1, 0.15) is 20.3 Å². The van der Waals surface area contributed by atoms with Crippen LogP contribution in [0.4, 0.5) is 0 Å². The van der Waals surface area contributed by atoms with E-state index in [9.17, 15) is 9.00 Å². The zero-order valence-corrected chi connectivity index (χ0v) is 8.84. The minimum atomic E-state index is -1.30. The third-order valence-electron chi connectivity index (χ3n) is 1.52. The van der Waals surface area contributed by atoms with Gasteiger partial charge in [-0.2, -0.15) is 0 Å². The van der Waals surface area contributed by atoms with E-state index in [1.54, 1.807) is 0 Å². The van der Waals surface area contributed by atoms with Crippen LogP contribution in [0, 0.1) is 5.92 Å². The van der Waals surface area contributed by atoms with Crippen molar-refractivity contribution in [2.45, 2.75) is 25.5 Å². The molecule has 0 aliphatic rings.